The summed E-state index contributed by atoms with van der Waals surface area (Å²) in [7, 11) is 0. The molecule has 0 aliphatic carbocycles. The van der Waals surface area contributed by atoms with Crippen molar-refractivity contribution in [2.24, 2.45) is 10.6 Å². The average molecular weight is 609 g/mol. The Morgan fingerprint density at radius 2 is 2.00 bits per heavy atom. The lowest BCUT2D eigenvalue weighted by Gasteiger charge is -2.50. The Kier molecular flexibility index (Phi) is 8.75. The first kappa shape index (κ1) is 29.4. The Morgan fingerprint density at radius 3 is 2.60 bits per heavy atom. The van der Waals surface area contributed by atoms with Crippen molar-refractivity contribution in [3.05, 3.63) is 50.1 Å². The van der Waals surface area contributed by atoms with E-state index >= 15 is 0 Å². The molecule has 3 N–H and O–H groups in total. The molecule has 1 unspecified atom stereocenters. The zero-order valence-electron chi connectivity index (χ0n) is 21.6. The molecule has 2 aromatic rings. The average Bonchev–Trinajstić information content (AvgIpc) is 3.24. The molecule has 2 amide bonds. The number of amides is 2. The number of thiazole rings is 1. The van der Waals surface area contributed by atoms with Crippen LogP contribution in [0.2, 0.25) is 4.34 Å². The molecule has 16 heteroatoms. The lowest BCUT2D eigenvalue weighted by atomic mass is 9.86. The highest BCUT2D eigenvalue weighted by Gasteiger charge is 2.54. The zero-order chi connectivity index (χ0) is 29.2. The maximum Gasteiger partial charge on any atom is 0.358 e. The highest BCUT2D eigenvalue weighted by Crippen LogP contribution is 2.43. The number of nitrogens with zero attached hydrogens (tertiary/aromatic N) is 4. The fourth-order valence-corrected chi connectivity index (χ4v) is 6.05. The minimum absolute atomic E-state index is 0.0132. The van der Waals surface area contributed by atoms with Crippen LogP contribution in [-0.4, -0.2) is 57.5 Å². The summed E-state index contributed by atoms with van der Waals surface area (Å²) in [5, 5.41) is 5.41. The molecule has 2 aromatic heterocycles. The number of halogens is 1. The molecule has 13 nitrogen and oxygen atoms in total. The van der Waals surface area contributed by atoms with Crippen molar-refractivity contribution in [1.29, 1.82) is 0 Å². The van der Waals surface area contributed by atoms with Crippen molar-refractivity contribution < 1.29 is 28.7 Å². The zero-order valence-corrected chi connectivity index (χ0v) is 24.0. The molecule has 40 heavy (non-hydrogen) atoms. The number of anilines is 1. The number of ether oxygens (including phenoxy) is 2. The van der Waals surface area contributed by atoms with Gasteiger partial charge in [-0.05, 0) is 50.9 Å². The lowest BCUT2D eigenvalue weighted by molar-refractivity contribution is -0.174. The number of nitrogens with two attached hydrogens (primary N) is 1. The van der Waals surface area contributed by atoms with Crippen LogP contribution in [0.1, 0.15) is 45.3 Å². The van der Waals surface area contributed by atoms with Gasteiger partial charge < -0.3 is 20.5 Å². The summed E-state index contributed by atoms with van der Waals surface area (Å²) < 4.78 is 10.3. The summed E-state index contributed by atoms with van der Waals surface area (Å²) in [6.07, 6.45) is 3.98. The van der Waals surface area contributed by atoms with Gasteiger partial charge in [-0.2, -0.15) is 0 Å². The molecular formula is C24H25ClN6O7S2. The monoisotopic (exact) mass is 608 g/mol. The van der Waals surface area contributed by atoms with Crippen molar-refractivity contribution in [2.45, 2.75) is 56.6 Å². The van der Waals surface area contributed by atoms with E-state index in [1.54, 1.807) is 45.3 Å². The number of nitrogens with one attached hydrogen (secondary N) is 1. The van der Waals surface area contributed by atoms with Gasteiger partial charge in [-0.15, -0.1) is 4.91 Å². The van der Waals surface area contributed by atoms with E-state index in [4.69, 9.17) is 26.8 Å². The third kappa shape index (κ3) is 6.10. The number of nitroso groups, excluding NO2 is 1. The van der Waals surface area contributed by atoms with Gasteiger partial charge >= 0.3 is 11.9 Å². The summed E-state index contributed by atoms with van der Waals surface area (Å²) in [6.45, 7) is 4.33. The SMILES string of the molecule is CC(C)(C)C(=O)OCOC(=O)C1=C(Sc2ccncc2)CC[C@@H]2[C@H](NC(=O)C(N=O)c3nc(N)sc3Cl)C(=O)N12. The van der Waals surface area contributed by atoms with E-state index in [2.05, 4.69) is 20.5 Å². The van der Waals surface area contributed by atoms with E-state index < -0.39 is 54.1 Å². The molecule has 0 spiro atoms. The highest BCUT2D eigenvalue weighted by molar-refractivity contribution is 8.03. The number of hydrogen-bond donors (Lipinski definition) is 2. The number of carbonyl (C=O) groups excluding carboxylic acids is 4. The first-order valence-electron chi connectivity index (χ1n) is 11.9. The Labute approximate surface area is 241 Å². The third-order valence-corrected chi connectivity index (χ3v) is 8.27. The number of allylic oxidation sites excluding steroid dienone is 1. The topological polar surface area (TPSA) is 183 Å². The van der Waals surface area contributed by atoms with E-state index in [1.165, 1.54) is 16.7 Å². The number of fused-ring (bicyclic) bond motifs is 1. The standard InChI is InChI=1S/C24H25ClN6O7S2/c1-24(2,3)22(35)38-10-37-21(34)17-13(39-11-6-8-27-9-7-11)5-4-12-14(20(33)31(12)17)28-19(32)16(30-36)15-18(25)40-23(26)29-15/h6-9,12,14,16H,4-5,10H2,1-3H3,(H2,26,29)(H,28,32)/t12-,14+,16?/m1/s1. The fourth-order valence-electron chi connectivity index (χ4n) is 4.04. The first-order chi connectivity index (χ1) is 18.9. The van der Waals surface area contributed by atoms with Gasteiger partial charge in [0.15, 0.2) is 5.13 Å². The summed E-state index contributed by atoms with van der Waals surface area (Å²) >= 11 is 8.19. The molecule has 0 saturated carbocycles. The van der Waals surface area contributed by atoms with Gasteiger partial charge in [0.25, 0.3) is 11.8 Å². The van der Waals surface area contributed by atoms with Crippen molar-refractivity contribution in [1.82, 2.24) is 20.2 Å². The van der Waals surface area contributed by atoms with Crippen molar-refractivity contribution in [3.63, 3.8) is 0 Å². The number of aromatic nitrogens is 2. The minimum atomic E-state index is -1.61. The number of thioether (sulfide) groups is 1. The number of pyridine rings is 1. The summed E-state index contributed by atoms with van der Waals surface area (Å²) in [5.41, 5.74) is 4.69. The van der Waals surface area contributed by atoms with E-state index in [9.17, 15) is 24.1 Å². The van der Waals surface area contributed by atoms with Gasteiger partial charge in [0.05, 0.1) is 11.5 Å². The van der Waals surface area contributed by atoms with Gasteiger partial charge in [0.1, 0.15) is 21.8 Å². The van der Waals surface area contributed by atoms with Gasteiger partial charge in [-0.3, -0.25) is 24.3 Å². The van der Waals surface area contributed by atoms with Gasteiger partial charge in [0.2, 0.25) is 12.8 Å². The van der Waals surface area contributed by atoms with E-state index in [0.29, 0.717) is 17.7 Å². The van der Waals surface area contributed by atoms with Crippen LogP contribution in [0.25, 0.3) is 0 Å². The Bertz CT molecular complexity index is 1380. The number of rotatable bonds is 9. The van der Waals surface area contributed by atoms with E-state index in [0.717, 1.165) is 16.2 Å². The number of carbonyl (C=O) groups is 4. The molecule has 4 heterocycles. The first-order valence-corrected chi connectivity index (χ1v) is 14.0. The maximum absolute atomic E-state index is 13.3. The number of β-lactam (4-membered cyclic amide) rings is 1. The second-order valence-electron chi connectivity index (χ2n) is 9.81. The fraction of sp³-hybridized carbons (Fsp3) is 0.417. The van der Waals surface area contributed by atoms with Crippen molar-refractivity contribution in [3.8, 4) is 0 Å². The molecule has 212 valence electrons. The predicted molar refractivity (Wildman–Crippen MR) is 145 cm³/mol. The maximum atomic E-state index is 13.3. The number of esters is 2. The predicted octanol–water partition coefficient (Wildman–Crippen LogP) is 3.16. The second-order valence-corrected chi connectivity index (χ2v) is 12.6. The minimum Gasteiger partial charge on any atom is -0.427 e. The molecule has 0 bridgehead atoms. The Balaban J connectivity index is 1.53. The third-order valence-electron chi connectivity index (χ3n) is 6.01. The van der Waals surface area contributed by atoms with Crippen molar-refractivity contribution in [2.75, 3.05) is 12.5 Å². The molecule has 3 atom stereocenters. The van der Waals surface area contributed by atoms with Crippen LogP contribution in [0.5, 0.6) is 0 Å². The molecule has 2 aliphatic heterocycles. The molecule has 1 fully saturated rings. The quantitative estimate of drug-likeness (QED) is 0.184. The molecule has 0 aromatic carbocycles. The van der Waals surface area contributed by atoms with Crippen LogP contribution < -0.4 is 11.1 Å². The van der Waals surface area contributed by atoms with Gasteiger partial charge in [-0.1, -0.05) is 34.7 Å². The van der Waals surface area contributed by atoms with E-state index in [-0.39, 0.29) is 20.9 Å². The second kappa shape index (κ2) is 11.9. The van der Waals surface area contributed by atoms with Gasteiger partial charge in [-0.25, -0.2) is 9.78 Å². The smallest absolute Gasteiger partial charge is 0.358 e. The van der Waals surface area contributed by atoms with Crippen LogP contribution in [0.3, 0.4) is 0 Å². The van der Waals surface area contributed by atoms with Crippen LogP contribution in [-0.2, 0) is 28.7 Å². The summed E-state index contributed by atoms with van der Waals surface area (Å²) in [6, 6.07) is 0.270. The summed E-state index contributed by atoms with van der Waals surface area (Å²) in [5.74, 6) is -2.89. The number of hydrogen-bond acceptors (Lipinski definition) is 13. The molecule has 4 rings (SSSR count). The number of nitrogen functional groups attached to an aromatic ring is 1. The lowest BCUT2D eigenvalue weighted by Crippen LogP contribution is -2.71. The normalized spacial score (nSPS) is 19.3. The van der Waals surface area contributed by atoms with Crippen LogP contribution in [0.15, 0.2) is 45.2 Å². The molecule has 0 radical (unpaired) electrons. The van der Waals surface area contributed by atoms with Gasteiger partial charge in [0, 0.05) is 22.2 Å². The van der Waals surface area contributed by atoms with Crippen LogP contribution >= 0.6 is 34.7 Å². The van der Waals surface area contributed by atoms with E-state index in [1.807, 2.05) is 0 Å². The van der Waals surface area contributed by atoms with Crippen LogP contribution in [0, 0.1) is 10.3 Å². The molecule has 2 aliphatic rings. The molecule has 1 saturated heterocycles. The highest BCUT2D eigenvalue weighted by atomic mass is 35.5. The summed E-state index contributed by atoms with van der Waals surface area (Å²) in [4.78, 5) is 73.4. The van der Waals surface area contributed by atoms with Crippen molar-refractivity contribution >= 4 is 63.6 Å². The Morgan fingerprint density at radius 1 is 1.30 bits per heavy atom. The molecular weight excluding hydrogens is 584 g/mol. The largest absolute Gasteiger partial charge is 0.427 e. The Hall–Kier alpha value is -3.56. The van der Waals surface area contributed by atoms with Crippen LogP contribution in [0.4, 0.5) is 5.13 Å².